The van der Waals surface area contributed by atoms with Crippen LogP contribution in [0.4, 0.5) is 22.7 Å². The maximum atomic E-state index is 7.11. The smallest absolute Gasteiger partial charge is 0.137 e. The lowest BCUT2D eigenvalue weighted by atomic mass is 9.73. The summed E-state index contributed by atoms with van der Waals surface area (Å²) in [5.74, 6) is 2.42. The highest BCUT2D eigenvalue weighted by Gasteiger charge is 2.34. The molecule has 5 heteroatoms. The summed E-state index contributed by atoms with van der Waals surface area (Å²) in [6.45, 7) is 21.2. The van der Waals surface area contributed by atoms with Gasteiger partial charge in [-0.2, -0.15) is 0 Å². The Labute approximate surface area is 419 Å². The molecule has 2 aromatic heterocycles. The van der Waals surface area contributed by atoms with Crippen LogP contribution in [0.3, 0.4) is 0 Å². The van der Waals surface area contributed by atoms with Crippen LogP contribution in [0.25, 0.3) is 38.8 Å². The van der Waals surface area contributed by atoms with Gasteiger partial charge in [-0.1, -0.05) is 164 Å². The third kappa shape index (κ3) is 8.23. The average molecular weight is 927 g/mol. The molecule has 0 spiro atoms. The van der Waals surface area contributed by atoms with E-state index >= 15 is 0 Å². The zero-order chi connectivity index (χ0) is 49.2. The SMILES string of the molecule is Cc1cccc(C)c1-c1cc(Oc2ccc3c4ccccc4n(-c4cc(C(C)(C)C)ccn4)c3c2)cc(N2CN(c3cc(C(C)(C)c4ccccc4)cc(C(C)(C)c4ccccc4)c3)c3ccccc32)c1. The number of hydrogen-bond donors (Lipinski definition) is 0. The standard InChI is InChI=1S/C66H62N4O/c1-44-21-20-22-45(2)63(44)46-35-52(41-55(36-46)71-54-31-32-57-56-27-16-17-28-58(56)70(61(57)42-54)62-40-49(33-34-67-62)64(3,4)5)68-43-69(60-30-19-18-29-59(60)68)53-38-50(65(6,7)47-23-12-10-13-24-47)37-51(39-53)66(8,9)48-25-14-11-15-26-48/h10-42H,43H2,1-9H3. The van der Waals surface area contributed by atoms with Gasteiger partial charge < -0.3 is 14.5 Å². The van der Waals surface area contributed by atoms with Crippen LogP contribution in [0.1, 0.15) is 87.4 Å². The van der Waals surface area contributed by atoms with Crippen molar-refractivity contribution in [3.05, 3.63) is 239 Å². The van der Waals surface area contributed by atoms with Gasteiger partial charge in [-0.3, -0.25) is 4.57 Å². The van der Waals surface area contributed by atoms with Crippen LogP contribution in [0.2, 0.25) is 0 Å². The third-order valence-corrected chi connectivity index (χ3v) is 15.1. The van der Waals surface area contributed by atoms with Gasteiger partial charge in [-0.05, 0) is 136 Å². The normalized spacial score (nSPS) is 13.0. The molecule has 0 aliphatic carbocycles. The molecular weight excluding hydrogens is 865 g/mol. The molecule has 0 saturated carbocycles. The lowest BCUT2D eigenvalue weighted by Gasteiger charge is -2.33. The molecule has 0 bridgehead atoms. The molecule has 0 fully saturated rings. The molecule has 71 heavy (non-hydrogen) atoms. The Kier molecular flexibility index (Phi) is 11.2. The average Bonchev–Trinajstić information content (AvgIpc) is 3.93. The highest BCUT2D eigenvalue weighted by Crippen LogP contribution is 2.49. The van der Waals surface area contributed by atoms with Crippen LogP contribution >= 0.6 is 0 Å². The Bertz CT molecular complexity index is 3530. The number of nitrogens with zero attached hydrogens (tertiary/aromatic N) is 4. The van der Waals surface area contributed by atoms with Crippen LogP contribution < -0.4 is 14.5 Å². The second-order valence-corrected chi connectivity index (χ2v) is 21.5. The van der Waals surface area contributed by atoms with Crippen molar-refractivity contribution >= 4 is 44.6 Å². The first-order valence-electron chi connectivity index (χ1n) is 25.0. The largest absolute Gasteiger partial charge is 0.457 e. The number of fused-ring (bicyclic) bond motifs is 4. The highest BCUT2D eigenvalue weighted by atomic mass is 16.5. The zero-order valence-corrected chi connectivity index (χ0v) is 42.5. The second-order valence-electron chi connectivity index (χ2n) is 21.5. The van der Waals surface area contributed by atoms with Crippen LogP contribution in [-0.4, -0.2) is 16.2 Å². The molecule has 0 saturated heterocycles. The fourth-order valence-corrected chi connectivity index (χ4v) is 10.8. The van der Waals surface area contributed by atoms with Gasteiger partial charge in [0.2, 0.25) is 0 Å². The molecule has 10 aromatic rings. The van der Waals surface area contributed by atoms with Gasteiger partial charge in [0, 0.05) is 51.3 Å². The Balaban J connectivity index is 1.04. The van der Waals surface area contributed by atoms with Gasteiger partial charge in [-0.15, -0.1) is 0 Å². The predicted molar refractivity (Wildman–Crippen MR) is 298 cm³/mol. The zero-order valence-electron chi connectivity index (χ0n) is 42.5. The lowest BCUT2D eigenvalue weighted by molar-refractivity contribution is 0.483. The molecule has 0 unspecified atom stereocenters. The Hall–Kier alpha value is -7.89. The number of ether oxygens (including phenoxy) is 1. The van der Waals surface area contributed by atoms with Crippen molar-refractivity contribution in [1.29, 1.82) is 0 Å². The number of benzene rings is 8. The van der Waals surface area contributed by atoms with Gasteiger partial charge in [0.1, 0.15) is 24.0 Å². The molecule has 3 heterocycles. The van der Waals surface area contributed by atoms with Crippen molar-refractivity contribution in [2.45, 2.75) is 78.6 Å². The van der Waals surface area contributed by atoms with Crippen molar-refractivity contribution < 1.29 is 4.74 Å². The van der Waals surface area contributed by atoms with E-state index in [9.17, 15) is 0 Å². The number of pyridine rings is 1. The van der Waals surface area contributed by atoms with E-state index < -0.39 is 0 Å². The fourth-order valence-electron chi connectivity index (χ4n) is 10.8. The molecular formula is C66H62N4O. The van der Waals surface area contributed by atoms with Crippen molar-refractivity contribution in [2.75, 3.05) is 16.5 Å². The Morgan fingerprint density at radius 3 is 1.62 bits per heavy atom. The monoisotopic (exact) mass is 926 g/mol. The summed E-state index contributed by atoms with van der Waals surface area (Å²) in [6, 6.07) is 70.7. The summed E-state index contributed by atoms with van der Waals surface area (Å²) in [4.78, 5) is 9.89. The van der Waals surface area contributed by atoms with E-state index in [4.69, 9.17) is 9.72 Å². The molecule has 0 radical (unpaired) electrons. The number of anilines is 4. The molecule has 8 aromatic carbocycles. The van der Waals surface area contributed by atoms with Gasteiger partial charge in [0.05, 0.1) is 22.4 Å². The number of para-hydroxylation sites is 3. The Morgan fingerprint density at radius 1 is 0.437 bits per heavy atom. The minimum absolute atomic E-state index is 0.0264. The van der Waals surface area contributed by atoms with E-state index in [2.05, 4.69) is 271 Å². The Morgan fingerprint density at radius 2 is 1.00 bits per heavy atom. The van der Waals surface area contributed by atoms with Crippen molar-refractivity contribution in [1.82, 2.24) is 9.55 Å². The van der Waals surface area contributed by atoms with Crippen LogP contribution in [0, 0.1) is 13.8 Å². The molecule has 352 valence electrons. The molecule has 5 nitrogen and oxygen atoms in total. The van der Waals surface area contributed by atoms with E-state index in [1.807, 2.05) is 6.20 Å². The summed E-state index contributed by atoms with van der Waals surface area (Å²) in [6.07, 6.45) is 1.93. The van der Waals surface area contributed by atoms with E-state index in [-0.39, 0.29) is 16.2 Å². The molecule has 1 aliphatic rings. The second kappa shape index (κ2) is 17.5. The summed E-state index contributed by atoms with van der Waals surface area (Å²) in [7, 11) is 0. The third-order valence-electron chi connectivity index (χ3n) is 15.1. The van der Waals surface area contributed by atoms with Gasteiger partial charge in [0.25, 0.3) is 0 Å². The van der Waals surface area contributed by atoms with Crippen molar-refractivity contribution in [3.8, 4) is 28.4 Å². The molecule has 11 rings (SSSR count). The number of rotatable bonds is 10. The maximum Gasteiger partial charge on any atom is 0.137 e. The van der Waals surface area contributed by atoms with Crippen molar-refractivity contribution in [3.63, 3.8) is 0 Å². The minimum atomic E-state index is -0.256. The summed E-state index contributed by atoms with van der Waals surface area (Å²) >= 11 is 0. The minimum Gasteiger partial charge on any atom is -0.457 e. The van der Waals surface area contributed by atoms with Crippen molar-refractivity contribution in [2.24, 2.45) is 0 Å². The number of hydrogen-bond acceptors (Lipinski definition) is 4. The summed E-state index contributed by atoms with van der Waals surface area (Å²) in [5, 5.41) is 2.33. The molecule has 0 amide bonds. The van der Waals surface area contributed by atoms with E-state index in [1.54, 1.807) is 0 Å². The fraction of sp³-hybridized carbons (Fsp3) is 0.197. The van der Waals surface area contributed by atoms with Gasteiger partial charge >= 0.3 is 0 Å². The van der Waals surface area contributed by atoms with E-state index in [0.717, 1.165) is 62.0 Å². The maximum absolute atomic E-state index is 7.11. The highest BCUT2D eigenvalue weighted by molar-refractivity contribution is 6.09. The summed E-state index contributed by atoms with van der Waals surface area (Å²) in [5.41, 5.74) is 17.3. The molecule has 1 aliphatic heterocycles. The summed E-state index contributed by atoms with van der Waals surface area (Å²) < 4.78 is 9.39. The first kappa shape index (κ1) is 45.5. The first-order valence-corrected chi connectivity index (χ1v) is 25.0. The molecule has 0 N–H and O–H groups in total. The van der Waals surface area contributed by atoms with Crippen LogP contribution in [0.15, 0.2) is 200 Å². The molecule has 0 atom stereocenters. The number of aryl methyl sites for hydroxylation is 2. The van der Waals surface area contributed by atoms with E-state index in [1.165, 1.54) is 49.9 Å². The van der Waals surface area contributed by atoms with Gasteiger partial charge in [0.15, 0.2) is 0 Å². The van der Waals surface area contributed by atoms with Crippen LogP contribution in [-0.2, 0) is 16.2 Å². The van der Waals surface area contributed by atoms with E-state index in [0.29, 0.717) is 6.67 Å². The first-order chi connectivity index (χ1) is 34.1. The lowest BCUT2D eigenvalue weighted by Crippen LogP contribution is -2.27. The predicted octanol–water partition coefficient (Wildman–Crippen LogP) is 17.5. The topological polar surface area (TPSA) is 33.5 Å². The van der Waals surface area contributed by atoms with Gasteiger partial charge in [-0.25, -0.2) is 4.98 Å². The quantitative estimate of drug-likeness (QED) is 0.137. The number of aromatic nitrogens is 2. The van der Waals surface area contributed by atoms with Crippen LogP contribution in [0.5, 0.6) is 11.5 Å².